The van der Waals surface area contributed by atoms with Gasteiger partial charge in [-0.2, -0.15) is 0 Å². The fraction of sp³-hybridized carbons (Fsp3) is 0.667. The van der Waals surface area contributed by atoms with Gasteiger partial charge in [-0.25, -0.2) is 9.59 Å². The van der Waals surface area contributed by atoms with E-state index in [1.54, 1.807) is 0 Å². The first-order valence-electron chi connectivity index (χ1n) is 8.45. The van der Waals surface area contributed by atoms with E-state index in [9.17, 15) is 9.59 Å². The van der Waals surface area contributed by atoms with Gasteiger partial charge in [0.25, 0.3) is 0 Å². The van der Waals surface area contributed by atoms with Crippen LogP contribution in [-0.2, 0) is 19.1 Å². The average molecular weight is 340 g/mol. The number of hydrogen-bond donors (Lipinski definition) is 2. The minimum Gasteiger partial charge on any atom is -0.459 e. The van der Waals surface area contributed by atoms with Gasteiger partial charge in [0.15, 0.2) is 6.29 Å². The molecule has 136 valence electrons. The molecule has 0 aromatic heterocycles. The smallest absolute Gasteiger partial charge is 0.330 e. The molecular weight excluding hydrogens is 312 g/mol. The lowest BCUT2D eigenvalue weighted by molar-refractivity contribution is -0.165. The largest absolute Gasteiger partial charge is 0.459 e. The van der Waals surface area contributed by atoms with Gasteiger partial charge < -0.3 is 19.7 Å². The number of esters is 2. The third kappa shape index (κ3) is 7.27. The van der Waals surface area contributed by atoms with Crippen molar-refractivity contribution in [2.75, 3.05) is 0 Å². The Hall–Kier alpha value is -1.66. The molecule has 0 saturated heterocycles. The van der Waals surface area contributed by atoms with Gasteiger partial charge in [-0.15, -0.1) is 0 Å². The normalized spacial score (nSPS) is 23.5. The first-order valence-corrected chi connectivity index (χ1v) is 8.45. The van der Waals surface area contributed by atoms with Gasteiger partial charge in [0.05, 0.1) is 0 Å². The van der Waals surface area contributed by atoms with Gasteiger partial charge in [-0.1, -0.05) is 19.6 Å². The van der Waals surface area contributed by atoms with Crippen LogP contribution in [0, 0.1) is 0 Å². The minimum atomic E-state index is -1.27. The second-order valence-electron chi connectivity index (χ2n) is 6.23. The molecule has 0 atom stereocenters. The van der Waals surface area contributed by atoms with E-state index in [2.05, 4.69) is 13.2 Å². The maximum Gasteiger partial charge on any atom is 0.330 e. The summed E-state index contributed by atoms with van der Waals surface area (Å²) in [5.41, 5.74) is -0.555. The third-order valence-electron chi connectivity index (χ3n) is 4.37. The summed E-state index contributed by atoms with van der Waals surface area (Å²) in [7, 11) is 0. The molecule has 1 aliphatic rings. The van der Waals surface area contributed by atoms with Crippen LogP contribution in [0.2, 0.25) is 0 Å². The van der Waals surface area contributed by atoms with E-state index in [-0.39, 0.29) is 6.10 Å². The van der Waals surface area contributed by atoms with Crippen LogP contribution in [0.1, 0.15) is 57.8 Å². The van der Waals surface area contributed by atoms with Crippen LogP contribution >= 0.6 is 0 Å². The molecule has 1 aliphatic carbocycles. The van der Waals surface area contributed by atoms with Crippen LogP contribution in [0.4, 0.5) is 0 Å². The Labute approximate surface area is 143 Å². The van der Waals surface area contributed by atoms with Crippen molar-refractivity contribution in [1.29, 1.82) is 0 Å². The molecule has 0 unspecified atom stereocenters. The van der Waals surface area contributed by atoms with Crippen LogP contribution in [0.5, 0.6) is 0 Å². The van der Waals surface area contributed by atoms with E-state index in [0.29, 0.717) is 44.9 Å². The molecule has 0 heterocycles. The molecular formula is C18H28O6. The van der Waals surface area contributed by atoms with Crippen molar-refractivity contribution in [1.82, 2.24) is 0 Å². The van der Waals surface area contributed by atoms with E-state index in [1.165, 1.54) is 0 Å². The topological polar surface area (TPSA) is 93.1 Å². The van der Waals surface area contributed by atoms with Crippen LogP contribution in [0.15, 0.2) is 25.3 Å². The minimum absolute atomic E-state index is 0.171. The van der Waals surface area contributed by atoms with Gasteiger partial charge in [-0.05, 0) is 51.4 Å². The summed E-state index contributed by atoms with van der Waals surface area (Å²) >= 11 is 0. The maximum absolute atomic E-state index is 11.7. The summed E-state index contributed by atoms with van der Waals surface area (Å²) in [5, 5.41) is 17.7. The zero-order chi connectivity index (χ0) is 18.0. The number of unbranched alkanes of at least 4 members (excludes halogenated alkanes) is 2. The Balaban J connectivity index is 2.52. The molecule has 0 radical (unpaired) electrons. The quantitative estimate of drug-likeness (QED) is 0.274. The fourth-order valence-electron chi connectivity index (χ4n) is 3.06. The van der Waals surface area contributed by atoms with E-state index >= 15 is 0 Å². The van der Waals surface area contributed by atoms with Crippen LogP contribution < -0.4 is 0 Å². The maximum atomic E-state index is 11.7. The molecule has 1 rings (SSSR count). The lowest BCUT2D eigenvalue weighted by Gasteiger charge is -2.39. The van der Waals surface area contributed by atoms with Gasteiger partial charge in [-0.3, -0.25) is 0 Å². The lowest BCUT2D eigenvalue weighted by atomic mass is 9.79. The number of aliphatic hydroxyl groups is 2. The van der Waals surface area contributed by atoms with Crippen LogP contribution in [0.25, 0.3) is 0 Å². The Bertz CT molecular complexity index is 435. The lowest BCUT2D eigenvalue weighted by Crippen LogP contribution is -2.41. The highest BCUT2D eigenvalue weighted by Crippen LogP contribution is 2.37. The Morgan fingerprint density at radius 1 is 1.08 bits per heavy atom. The van der Waals surface area contributed by atoms with Crippen molar-refractivity contribution >= 4 is 11.9 Å². The predicted octanol–water partition coefficient (Wildman–Crippen LogP) is 2.39. The highest BCUT2D eigenvalue weighted by Gasteiger charge is 2.38. The number of rotatable bonds is 10. The third-order valence-corrected chi connectivity index (χ3v) is 4.37. The van der Waals surface area contributed by atoms with Gasteiger partial charge in [0.1, 0.15) is 11.7 Å². The molecule has 6 heteroatoms. The number of hydrogen-bond acceptors (Lipinski definition) is 6. The molecule has 0 aromatic carbocycles. The average Bonchev–Trinajstić information content (AvgIpc) is 2.56. The van der Waals surface area contributed by atoms with Crippen molar-refractivity contribution in [3.05, 3.63) is 25.3 Å². The molecule has 0 bridgehead atoms. The highest BCUT2D eigenvalue weighted by atomic mass is 16.6. The van der Waals surface area contributed by atoms with Crippen LogP contribution in [-0.4, -0.2) is 40.1 Å². The highest BCUT2D eigenvalue weighted by molar-refractivity contribution is 5.82. The monoisotopic (exact) mass is 340 g/mol. The molecule has 1 fully saturated rings. The molecule has 0 amide bonds. The van der Waals surface area contributed by atoms with E-state index in [4.69, 9.17) is 19.7 Å². The van der Waals surface area contributed by atoms with Crippen molar-refractivity contribution in [3.63, 3.8) is 0 Å². The van der Waals surface area contributed by atoms with Crippen molar-refractivity contribution in [3.8, 4) is 0 Å². The number of ether oxygens (including phenoxy) is 2. The number of carbonyl (C=O) groups is 2. The second kappa shape index (κ2) is 10.3. The molecule has 24 heavy (non-hydrogen) atoms. The van der Waals surface area contributed by atoms with E-state index < -0.39 is 23.8 Å². The molecule has 0 spiro atoms. The molecule has 0 aliphatic heterocycles. The zero-order valence-corrected chi connectivity index (χ0v) is 14.1. The molecule has 0 aromatic rings. The number of carbonyl (C=O) groups excluding carboxylic acids is 2. The summed E-state index contributed by atoms with van der Waals surface area (Å²) < 4.78 is 10.9. The summed E-state index contributed by atoms with van der Waals surface area (Å²) in [4.78, 5) is 22.9. The summed E-state index contributed by atoms with van der Waals surface area (Å²) in [6, 6.07) is 0. The van der Waals surface area contributed by atoms with Crippen molar-refractivity contribution in [2.45, 2.75) is 75.8 Å². The first-order chi connectivity index (χ1) is 11.4. The molecule has 6 nitrogen and oxygen atoms in total. The fourth-order valence-corrected chi connectivity index (χ4v) is 3.06. The SMILES string of the molecule is C=CC(=O)OC1CCC(CCCCCC(O)O)(OC(=O)C=C)CC1. The second-order valence-corrected chi connectivity index (χ2v) is 6.23. The Morgan fingerprint density at radius 3 is 2.25 bits per heavy atom. The standard InChI is InChI=1S/C18H28O6/c1-3-16(21)23-14-9-12-18(13-10-14,24-17(22)4-2)11-7-5-6-8-15(19)20/h3-4,14-15,19-20H,1-2,5-13H2. The molecule has 2 N–H and O–H groups in total. The number of aliphatic hydroxyl groups excluding tert-OH is 1. The van der Waals surface area contributed by atoms with E-state index in [0.717, 1.165) is 25.0 Å². The summed E-state index contributed by atoms with van der Waals surface area (Å²) in [6.07, 6.45) is 6.82. The predicted molar refractivity (Wildman–Crippen MR) is 88.9 cm³/mol. The summed E-state index contributed by atoms with van der Waals surface area (Å²) in [5.74, 6) is -0.875. The zero-order valence-electron chi connectivity index (χ0n) is 14.1. The van der Waals surface area contributed by atoms with Crippen molar-refractivity contribution in [2.24, 2.45) is 0 Å². The Kier molecular flexibility index (Phi) is 8.71. The summed E-state index contributed by atoms with van der Waals surface area (Å²) in [6.45, 7) is 6.83. The van der Waals surface area contributed by atoms with Crippen LogP contribution in [0.3, 0.4) is 0 Å². The van der Waals surface area contributed by atoms with Crippen molar-refractivity contribution < 1.29 is 29.3 Å². The molecule has 1 saturated carbocycles. The van der Waals surface area contributed by atoms with Gasteiger partial charge in [0.2, 0.25) is 0 Å². The van der Waals surface area contributed by atoms with Gasteiger partial charge in [0, 0.05) is 12.2 Å². The van der Waals surface area contributed by atoms with Gasteiger partial charge >= 0.3 is 11.9 Å². The van der Waals surface area contributed by atoms with E-state index in [1.807, 2.05) is 0 Å². The Morgan fingerprint density at radius 2 is 1.71 bits per heavy atom. The first kappa shape index (κ1) is 20.4.